The van der Waals surface area contributed by atoms with Gasteiger partial charge in [-0.3, -0.25) is 4.79 Å². The fraction of sp³-hybridized carbons (Fsp3) is 0.960. The number of rotatable bonds is 24. The van der Waals surface area contributed by atoms with Crippen molar-refractivity contribution in [2.45, 2.75) is 129 Å². The fourth-order valence-corrected chi connectivity index (χ4v) is 3.94. The number of carbonyl (C=O) groups is 1. The van der Waals surface area contributed by atoms with E-state index in [2.05, 4.69) is 18.7 Å². The second-order valence-corrected chi connectivity index (χ2v) is 8.36. The van der Waals surface area contributed by atoms with Crippen molar-refractivity contribution in [3.8, 4) is 0 Å². The molecule has 0 spiro atoms. The standard InChI is InChI=1S/C25H51NO2/c1-3-26(4-2)23-21-19-17-15-13-11-9-7-5-6-8-10-12-14-16-18-20-22-24-28-25-27/h25H,3-24H2,1-2H3. The lowest BCUT2D eigenvalue weighted by atomic mass is 10.0. The average molecular weight is 398 g/mol. The Hall–Kier alpha value is -0.570. The lowest BCUT2D eigenvalue weighted by Crippen LogP contribution is -2.23. The third-order valence-corrected chi connectivity index (χ3v) is 5.95. The summed E-state index contributed by atoms with van der Waals surface area (Å²) in [6.07, 6.45) is 24.9. The van der Waals surface area contributed by atoms with Crippen molar-refractivity contribution in [2.75, 3.05) is 26.2 Å². The third-order valence-electron chi connectivity index (χ3n) is 5.95. The summed E-state index contributed by atoms with van der Waals surface area (Å²) in [5.74, 6) is 0. The van der Waals surface area contributed by atoms with Crippen LogP contribution in [-0.4, -0.2) is 37.6 Å². The van der Waals surface area contributed by atoms with E-state index >= 15 is 0 Å². The first kappa shape index (κ1) is 27.4. The molecule has 0 aliphatic heterocycles. The molecule has 0 atom stereocenters. The summed E-state index contributed by atoms with van der Waals surface area (Å²) in [6.45, 7) is 9.39. The molecule has 0 radical (unpaired) electrons. The number of hydrogen-bond acceptors (Lipinski definition) is 3. The highest BCUT2D eigenvalue weighted by molar-refractivity contribution is 5.36. The van der Waals surface area contributed by atoms with Crippen molar-refractivity contribution in [1.29, 1.82) is 0 Å². The Bertz CT molecular complexity index is 292. The van der Waals surface area contributed by atoms with Gasteiger partial charge in [-0.1, -0.05) is 117 Å². The Balaban J connectivity index is 3.04. The van der Waals surface area contributed by atoms with Gasteiger partial charge in [-0.2, -0.15) is 0 Å². The Kier molecular flexibility index (Phi) is 24.0. The van der Waals surface area contributed by atoms with Gasteiger partial charge in [0.05, 0.1) is 6.61 Å². The molecule has 0 saturated heterocycles. The average Bonchev–Trinajstić information content (AvgIpc) is 2.72. The Labute approximate surface area is 177 Å². The van der Waals surface area contributed by atoms with Crippen LogP contribution in [0.4, 0.5) is 0 Å². The van der Waals surface area contributed by atoms with Gasteiger partial charge in [0.2, 0.25) is 0 Å². The lowest BCUT2D eigenvalue weighted by molar-refractivity contribution is -0.128. The highest BCUT2D eigenvalue weighted by atomic mass is 16.5. The maximum atomic E-state index is 10.0. The molecule has 0 unspecified atom stereocenters. The minimum atomic E-state index is 0.552. The number of unbranched alkanes of at least 4 members (excludes halogenated alkanes) is 17. The van der Waals surface area contributed by atoms with Gasteiger partial charge in [-0.05, 0) is 32.5 Å². The van der Waals surface area contributed by atoms with Crippen molar-refractivity contribution < 1.29 is 9.53 Å². The SMILES string of the molecule is CCN(CC)CCCCCCCCCCCCCCCCCCCCOC=O. The monoisotopic (exact) mass is 397 g/mol. The lowest BCUT2D eigenvalue weighted by Gasteiger charge is -2.17. The molecule has 168 valence electrons. The number of nitrogens with zero attached hydrogens (tertiary/aromatic N) is 1. The van der Waals surface area contributed by atoms with E-state index in [-0.39, 0.29) is 0 Å². The van der Waals surface area contributed by atoms with E-state index < -0.39 is 0 Å². The van der Waals surface area contributed by atoms with Crippen LogP contribution in [0, 0.1) is 0 Å². The zero-order valence-electron chi connectivity index (χ0n) is 19.4. The summed E-state index contributed by atoms with van der Waals surface area (Å²) >= 11 is 0. The van der Waals surface area contributed by atoms with Crippen LogP contribution in [0.3, 0.4) is 0 Å². The van der Waals surface area contributed by atoms with Gasteiger partial charge in [-0.25, -0.2) is 0 Å². The molecule has 0 aromatic heterocycles. The third kappa shape index (κ3) is 21.7. The van der Waals surface area contributed by atoms with Gasteiger partial charge in [0, 0.05) is 0 Å². The van der Waals surface area contributed by atoms with Crippen LogP contribution in [0.2, 0.25) is 0 Å². The smallest absolute Gasteiger partial charge is 0.293 e. The highest BCUT2D eigenvalue weighted by Gasteiger charge is 1.98. The van der Waals surface area contributed by atoms with Crippen molar-refractivity contribution in [2.24, 2.45) is 0 Å². The van der Waals surface area contributed by atoms with E-state index in [0.717, 1.165) is 6.42 Å². The Morgan fingerprint density at radius 2 is 0.857 bits per heavy atom. The highest BCUT2D eigenvalue weighted by Crippen LogP contribution is 2.14. The molecule has 0 saturated carbocycles. The summed E-state index contributed by atoms with van der Waals surface area (Å²) in [7, 11) is 0. The Morgan fingerprint density at radius 1 is 0.536 bits per heavy atom. The molecular weight excluding hydrogens is 346 g/mol. The largest absolute Gasteiger partial charge is 0.468 e. The molecule has 0 fully saturated rings. The van der Waals surface area contributed by atoms with Crippen LogP contribution in [0.25, 0.3) is 0 Å². The first-order valence-corrected chi connectivity index (χ1v) is 12.6. The summed E-state index contributed by atoms with van der Waals surface area (Å²) in [5, 5.41) is 0. The minimum Gasteiger partial charge on any atom is -0.468 e. The van der Waals surface area contributed by atoms with E-state index in [1.54, 1.807) is 0 Å². The van der Waals surface area contributed by atoms with Gasteiger partial charge in [0.25, 0.3) is 6.47 Å². The van der Waals surface area contributed by atoms with E-state index in [4.69, 9.17) is 4.74 Å². The van der Waals surface area contributed by atoms with Crippen LogP contribution in [0.15, 0.2) is 0 Å². The summed E-state index contributed by atoms with van der Waals surface area (Å²) < 4.78 is 4.70. The first-order valence-electron chi connectivity index (χ1n) is 12.6. The summed E-state index contributed by atoms with van der Waals surface area (Å²) in [5.41, 5.74) is 0. The zero-order valence-corrected chi connectivity index (χ0v) is 19.4. The molecule has 0 bridgehead atoms. The quantitative estimate of drug-likeness (QED) is 0.124. The summed E-state index contributed by atoms with van der Waals surface area (Å²) in [4.78, 5) is 12.5. The van der Waals surface area contributed by atoms with Crippen LogP contribution in [-0.2, 0) is 9.53 Å². The van der Waals surface area contributed by atoms with Crippen LogP contribution in [0.1, 0.15) is 129 Å². The fourth-order valence-electron chi connectivity index (χ4n) is 3.94. The van der Waals surface area contributed by atoms with Gasteiger partial charge in [-0.15, -0.1) is 0 Å². The molecule has 0 N–H and O–H groups in total. The van der Waals surface area contributed by atoms with Crippen LogP contribution >= 0.6 is 0 Å². The predicted octanol–water partition coefficient (Wildman–Crippen LogP) is 7.52. The topological polar surface area (TPSA) is 29.5 Å². The van der Waals surface area contributed by atoms with Crippen LogP contribution in [0.5, 0.6) is 0 Å². The van der Waals surface area contributed by atoms with Crippen molar-refractivity contribution in [3.05, 3.63) is 0 Å². The number of hydrogen-bond donors (Lipinski definition) is 0. The zero-order chi connectivity index (χ0) is 20.5. The molecular formula is C25H51NO2. The number of carbonyl (C=O) groups excluding carboxylic acids is 1. The van der Waals surface area contributed by atoms with Crippen molar-refractivity contribution >= 4 is 6.47 Å². The normalized spacial score (nSPS) is 11.2. The van der Waals surface area contributed by atoms with E-state index in [0.29, 0.717) is 13.1 Å². The van der Waals surface area contributed by atoms with Gasteiger partial charge >= 0.3 is 0 Å². The summed E-state index contributed by atoms with van der Waals surface area (Å²) in [6, 6.07) is 0. The van der Waals surface area contributed by atoms with Crippen LogP contribution < -0.4 is 0 Å². The predicted molar refractivity (Wildman–Crippen MR) is 123 cm³/mol. The molecule has 0 aliphatic carbocycles. The molecule has 3 nitrogen and oxygen atoms in total. The minimum absolute atomic E-state index is 0.552. The molecule has 0 aromatic rings. The second kappa shape index (κ2) is 24.5. The van der Waals surface area contributed by atoms with Gasteiger partial charge < -0.3 is 9.64 Å². The maximum Gasteiger partial charge on any atom is 0.293 e. The molecule has 28 heavy (non-hydrogen) atoms. The van der Waals surface area contributed by atoms with E-state index in [9.17, 15) is 4.79 Å². The Morgan fingerprint density at radius 3 is 1.18 bits per heavy atom. The maximum absolute atomic E-state index is 10.0. The van der Waals surface area contributed by atoms with Crippen molar-refractivity contribution in [3.63, 3.8) is 0 Å². The van der Waals surface area contributed by atoms with Crippen molar-refractivity contribution in [1.82, 2.24) is 4.90 Å². The second-order valence-electron chi connectivity index (χ2n) is 8.36. The number of ether oxygens (including phenoxy) is 1. The molecule has 0 heterocycles. The molecule has 0 rings (SSSR count). The molecule has 0 aliphatic rings. The first-order chi connectivity index (χ1) is 13.8. The molecule has 3 heteroatoms. The van der Waals surface area contributed by atoms with E-state index in [1.165, 1.54) is 129 Å². The molecule has 0 amide bonds. The van der Waals surface area contributed by atoms with E-state index in [1.807, 2.05) is 0 Å². The van der Waals surface area contributed by atoms with Gasteiger partial charge in [0.1, 0.15) is 0 Å². The molecule has 0 aromatic carbocycles. The van der Waals surface area contributed by atoms with Gasteiger partial charge in [0.15, 0.2) is 0 Å².